The van der Waals surface area contributed by atoms with Gasteiger partial charge in [-0.2, -0.15) is 10.2 Å². The molecule has 28 heavy (non-hydrogen) atoms. The predicted octanol–water partition coefficient (Wildman–Crippen LogP) is 0.299. The quantitative estimate of drug-likeness (QED) is 0.669. The molecule has 4 heterocycles. The Morgan fingerprint density at radius 3 is 2.68 bits per heavy atom. The number of carbonyl (C=O) groups excluding carboxylic acids is 2. The minimum atomic E-state index is -0.336. The number of hydrogen-bond acceptors (Lipinski definition) is 6. The second-order valence-corrected chi connectivity index (χ2v) is 6.74. The molecule has 0 spiro atoms. The number of rotatable bonds is 3. The summed E-state index contributed by atoms with van der Waals surface area (Å²) in [6.07, 6.45) is 6.73. The van der Waals surface area contributed by atoms with Crippen molar-refractivity contribution in [3.05, 3.63) is 47.8 Å². The van der Waals surface area contributed by atoms with Gasteiger partial charge in [-0.3, -0.25) is 19.4 Å². The monoisotopic (exact) mass is 383 g/mol. The molecule has 1 saturated heterocycles. The van der Waals surface area contributed by atoms with Crippen molar-refractivity contribution in [1.82, 2.24) is 44.7 Å². The smallest absolute Gasteiger partial charge is 0.271 e. The van der Waals surface area contributed by atoms with E-state index in [1.165, 1.54) is 12.5 Å². The van der Waals surface area contributed by atoms with Crippen molar-refractivity contribution < 1.29 is 9.59 Å². The molecule has 3 aromatic heterocycles. The Kier molecular flexibility index (Phi) is 4.63. The number of aromatic nitrogens is 7. The van der Waals surface area contributed by atoms with Crippen molar-refractivity contribution in [2.24, 2.45) is 7.05 Å². The van der Waals surface area contributed by atoms with Crippen LogP contribution in [0.25, 0.3) is 0 Å². The Balaban J connectivity index is 1.61. The molecule has 146 valence electrons. The number of nitrogens with zero attached hydrogens (tertiary/aromatic N) is 7. The van der Waals surface area contributed by atoms with Crippen molar-refractivity contribution in [3.63, 3.8) is 0 Å². The van der Waals surface area contributed by atoms with Gasteiger partial charge in [-0.1, -0.05) is 0 Å². The van der Waals surface area contributed by atoms with Gasteiger partial charge >= 0.3 is 0 Å². The topological polar surface area (TPSA) is 129 Å². The molecular weight excluding hydrogens is 362 g/mol. The maximum absolute atomic E-state index is 13.1. The minimum absolute atomic E-state index is 0.141. The summed E-state index contributed by atoms with van der Waals surface area (Å²) < 4.78 is 1.59. The van der Waals surface area contributed by atoms with Gasteiger partial charge in [-0.25, -0.2) is 9.97 Å². The fourth-order valence-electron chi connectivity index (χ4n) is 3.39. The Morgan fingerprint density at radius 2 is 2.04 bits per heavy atom. The van der Waals surface area contributed by atoms with Crippen LogP contribution in [0.15, 0.2) is 24.9 Å². The average molecular weight is 383 g/mol. The molecule has 4 rings (SSSR count). The average Bonchev–Trinajstić information content (AvgIpc) is 3.41. The molecule has 1 fully saturated rings. The van der Waals surface area contributed by atoms with Crippen molar-refractivity contribution in [1.29, 1.82) is 0 Å². The van der Waals surface area contributed by atoms with Gasteiger partial charge in [-0.05, 0) is 13.3 Å². The number of aromatic amines is 2. The summed E-state index contributed by atoms with van der Waals surface area (Å²) in [6.45, 7) is 3.07. The Hall–Kier alpha value is -3.50. The van der Waals surface area contributed by atoms with Gasteiger partial charge in [0.25, 0.3) is 11.8 Å². The van der Waals surface area contributed by atoms with E-state index >= 15 is 0 Å². The highest BCUT2D eigenvalue weighted by atomic mass is 16.2. The number of aryl methyl sites for hydroxylation is 2. The number of nitrogens with one attached hydrogen (secondary N) is 2. The molecule has 3 aromatic rings. The Morgan fingerprint density at radius 1 is 1.18 bits per heavy atom. The van der Waals surface area contributed by atoms with Gasteiger partial charge in [0, 0.05) is 32.9 Å². The van der Waals surface area contributed by atoms with Gasteiger partial charge in [0.2, 0.25) is 0 Å². The molecule has 0 aromatic carbocycles. The van der Waals surface area contributed by atoms with E-state index in [2.05, 4.69) is 30.2 Å². The molecule has 0 bridgehead atoms. The zero-order valence-electron chi connectivity index (χ0n) is 15.7. The van der Waals surface area contributed by atoms with E-state index < -0.39 is 0 Å². The predicted molar refractivity (Wildman–Crippen MR) is 97.2 cm³/mol. The Labute approximate surface area is 160 Å². The second-order valence-electron chi connectivity index (χ2n) is 6.74. The number of imidazole rings is 1. The first-order valence-electron chi connectivity index (χ1n) is 8.99. The van der Waals surface area contributed by atoms with E-state index in [0.717, 1.165) is 0 Å². The van der Waals surface area contributed by atoms with Crippen LogP contribution >= 0.6 is 0 Å². The summed E-state index contributed by atoms with van der Waals surface area (Å²) in [6, 6.07) is -0.336. The van der Waals surface area contributed by atoms with E-state index in [0.29, 0.717) is 49.0 Å². The molecular formula is C17H21N9O2. The molecule has 2 amide bonds. The fourth-order valence-corrected chi connectivity index (χ4v) is 3.39. The minimum Gasteiger partial charge on any atom is -0.341 e. The van der Waals surface area contributed by atoms with Crippen molar-refractivity contribution >= 4 is 11.8 Å². The summed E-state index contributed by atoms with van der Waals surface area (Å²) in [7, 11) is 1.76. The highest BCUT2D eigenvalue weighted by molar-refractivity contribution is 5.94. The zero-order valence-corrected chi connectivity index (χ0v) is 15.7. The lowest BCUT2D eigenvalue weighted by Gasteiger charge is -2.27. The van der Waals surface area contributed by atoms with E-state index in [4.69, 9.17) is 0 Å². The van der Waals surface area contributed by atoms with Crippen LogP contribution in [-0.2, 0) is 7.05 Å². The first-order chi connectivity index (χ1) is 13.5. The summed E-state index contributed by atoms with van der Waals surface area (Å²) in [5.74, 6) is 0.929. The third-order valence-corrected chi connectivity index (χ3v) is 4.80. The lowest BCUT2D eigenvalue weighted by molar-refractivity contribution is 0.0664. The summed E-state index contributed by atoms with van der Waals surface area (Å²) in [5.41, 5.74) is 0.922. The number of carbonyl (C=O) groups is 2. The van der Waals surface area contributed by atoms with Crippen LogP contribution in [0.3, 0.4) is 0 Å². The van der Waals surface area contributed by atoms with Crippen molar-refractivity contribution in [2.45, 2.75) is 19.4 Å². The molecule has 1 aliphatic rings. The summed E-state index contributed by atoms with van der Waals surface area (Å²) >= 11 is 0. The lowest BCUT2D eigenvalue weighted by atomic mass is 10.1. The first-order valence-corrected chi connectivity index (χ1v) is 8.99. The Bertz CT molecular complexity index is 975. The number of hydrogen-bond donors (Lipinski definition) is 2. The second kappa shape index (κ2) is 7.25. The molecule has 1 atom stereocenters. The molecule has 2 N–H and O–H groups in total. The van der Waals surface area contributed by atoms with Crippen LogP contribution in [0.1, 0.15) is 45.0 Å². The third kappa shape index (κ3) is 3.38. The number of amides is 2. The SMILES string of the molecule is Cc1nc(C2CCN(C(=O)c3cnc[nH]3)CCN2C(=O)c2cnn(C)c2)n[nH]1. The molecule has 0 aliphatic carbocycles. The maximum Gasteiger partial charge on any atom is 0.271 e. The molecule has 11 heteroatoms. The summed E-state index contributed by atoms with van der Waals surface area (Å²) in [5, 5.41) is 11.2. The van der Waals surface area contributed by atoms with Crippen LogP contribution in [0, 0.1) is 6.92 Å². The van der Waals surface area contributed by atoms with Gasteiger partial charge in [-0.15, -0.1) is 0 Å². The van der Waals surface area contributed by atoms with Crippen molar-refractivity contribution in [2.75, 3.05) is 19.6 Å². The molecule has 1 unspecified atom stereocenters. The standard InChI is InChI=1S/C17H21N9O2/c1-11-21-15(23-22-11)14-3-4-25(17(28)13-8-18-10-19-13)5-6-26(14)16(27)12-7-20-24(2)9-12/h7-10,14H,3-6H2,1-2H3,(H,18,19)(H,21,22,23). The molecule has 1 aliphatic heterocycles. The maximum atomic E-state index is 13.1. The van der Waals surface area contributed by atoms with Crippen LogP contribution in [0.2, 0.25) is 0 Å². The first kappa shape index (κ1) is 17.9. The normalized spacial score (nSPS) is 17.6. The fraction of sp³-hybridized carbons (Fsp3) is 0.412. The van der Waals surface area contributed by atoms with Crippen LogP contribution in [0.4, 0.5) is 0 Å². The van der Waals surface area contributed by atoms with Gasteiger partial charge < -0.3 is 14.8 Å². The van der Waals surface area contributed by atoms with Gasteiger partial charge in [0.05, 0.1) is 30.3 Å². The lowest BCUT2D eigenvalue weighted by Crippen LogP contribution is -2.38. The zero-order chi connectivity index (χ0) is 19.7. The van der Waals surface area contributed by atoms with Gasteiger partial charge in [0.15, 0.2) is 5.82 Å². The van der Waals surface area contributed by atoms with Crippen LogP contribution < -0.4 is 0 Å². The van der Waals surface area contributed by atoms with Crippen LogP contribution in [0.5, 0.6) is 0 Å². The third-order valence-electron chi connectivity index (χ3n) is 4.80. The summed E-state index contributed by atoms with van der Waals surface area (Å²) in [4.78, 5) is 40.5. The van der Waals surface area contributed by atoms with E-state index in [1.54, 1.807) is 33.9 Å². The molecule has 0 radical (unpaired) electrons. The van der Waals surface area contributed by atoms with Crippen molar-refractivity contribution in [3.8, 4) is 0 Å². The van der Waals surface area contributed by atoms with Crippen LogP contribution in [-0.4, -0.2) is 76.2 Å². The highest BCUT2D eigenvalue weighted by Crippen LogP contribution is 2.26. The van der Waals surface area contributed by atoms with E-state index in [-0.39, 0.29) is 17.9 Å². The van der Waals surface area contributed by atoms with E-state index in [1.807, 2.05) is 6.92 Å². The number of H-pyrrole nitrogens is 2. The highest BCUT2D eigenvalue weighted by Gasteiger charge is 2.34. The van der Waals surface area contributed by atoms with Gasteiger partial charge in [0.1, 0.15) is 11.5 Å². The molecule has 11 nitrogen and oxygen atoms in total. The molecule has 0 saturated carbocycles. The largest absolute Gasteiger partial charge is 0.341 e. The van der Waals surface area contributed by atoms with E-state index in [9.17, 15) is 9.59 Å².